The van der Waals surface area contributed by atoms with Crippen LogP contribution in [-0.2, 0) is 10.2 Å². The van der Waals surface area contributed by atoms with Crippen LogP contribution in [0.3, 0.4) is 0 Å². The number of thiocarbonyl (C=S) groups is 1. The number of hydrogen-bond donors (Lipinski definition) is 3. The van der Waals surface area contributed by atoms with Gasteiger partial charge in [0.25, 0.3) is 10.2 Å². The molecule has 0 heterocycles. The summed E-state index contributed by atoms with van der Waals surface area (Å²) in [7, 11) is -3.34. The number of rotatable bonds is 9. The molecule has 0 saturated heterocycles. The van der Waals surface area contributed by atoms with Crippen LogP contribution in [-0.4, -0.2) is 26.5 Å². The molecule has 16 heavy (non-hydrogen) atoms. The van der Waals surface area contributed by atoms with E-state index in [9.17, 15) is 8.42 Å². The summed E-state index contributed by atoms with van der Waals surface area (Å²) < 4.78 is 27.7. The second-order valence-electron chi connectivity index (χ2n) is 4.06. The summed E-state index contributed by atoms with van der Waals surface area (Å²) in [6, 6.07) is 0. The highest BCUT2D eigenvalue weighted by Crippen LogP contribution is 1.95. The van der Waals surface area contributed by atoms with Crippen LogP contribution in [0.25, 0.3) is 0 Å². The zero-order chi connectivity index (χ0) is 12.6. The molecule has 4 N–H and O–H groups in total. The molecule has 7 heteroatoms. The van der Waals surface area contributed by atoms with Crippen molar-refractivity contribution in [2.45, 2.75) is 33.1 Å². The highest BCUT2D eigenvalue weighted by molar-refractivity contribution is 7.87. The standard InChI is InChI=1S/C9H21N3O2S2/c1-8(2)7-12-16(13,14)11-6-4-3-5-9(10)15/h8,11-12H,3-7H2,1-2H3,(H2,10,15). The Morgan fingerprint density at radius 2 is 1.94 bits per heavy atom. The van der Waals surface area contributed by atoms with E-state index in [1.807, 2.05) is 13.8 Å². The van der Waals surface area contributed by atoms with Crippen LogP contribution >= 0.6 is 12.2 Å². The fourth-order valence-electron chi connectivity index (χ4n) is 0.958. The van der Waals surface area contributed by atoms with Crippen LogP contribution in [0.1, 0.15) is 33.1 Å². The van der Waals surface area contributed by atoms with Crippen LogP contribution < -0.4 is 15.2 Å². The van der Waals surface area contributed by atoms with Crippen molar-refractivity contribution in [3.05, 3.63) is 0 Å². The van der Waals surface area contributed by atoms with Gasteiger partial charge in [-0.05, 0) is 25.2 Å². The third-order valence-corrected chi connectivity index (χ3v) is 3.16. The molecule has 0 aromatic rings. The summed E-state index contributed by atoms with van der Waals surface area (Å²) >= 11 is 4.72. The van der Waals surface area contributed by atoms with Gasteiger partial charge in [0.2, 0.25) is 0 Å². The van der Waals surface area contributed by atoms with Gasteiger partial charge in [0, 0.05) is 13.1 Å². The van der Waals surface area contributed by atoms with Gasteiger partial charge in [-0.25, -0.2) is 9.44 Å². The van der Waals surface area contributed by atoms with Crippen molar-refractivity contribution in [2.75, 3.05) is 13.1 Å². The number of hydrogen-bond acceptors (Lipinski definition) is 3. The van der Waals surface area contributed by atoms with Crippen LogP contribution in [0.2, 0.25) is 0 Å². The molecule has 0 aliphatic heterocycles. The minimum absolute atomic E-state index is 0.297. The minimum atomic E-state index is -3.34. The molecule has 0 amide bonds. The number of unbranched alkanes of at least 4 members (excludes halogenated alkanes) is 1. The zero-order valence-electron chi connectivity index (χ0n) is 9.82. The summed E-state index contributed by atoms with van der Waals surface area (Å²) in [5, 5.41) is 0. The minimum Gasteiger partial charge on any atom is -0.393 e. The van der Waals surface area contributed by atoms with E-state index in [1.54, 1.807) is 0 Å². The van der Waals surface area contributed by atoms with E-state index >= 15 is 0 Å². The molecular weight excluding hydrogens is 246 g/mol. The Kier molecular flexibility index (Phi) is 7.82. The maximum atomic E-state index is 11.4. The molecule has 0 bridgehead atoms. The molecule has 0 fully saturated rings. The fraction of sp³-hybridized carbons (Fsp3) is 0.889. The molecule has 0 radical (unpaired) electrons. The van der Waals surface area contributed by atoms with E-state index in [0.29, 0.717) is 30.4 Å². The first kappa shape index (κ1) is 15.8. The quantitative estimate of drug-likeness (QED) is 0.420. The van der Waals surface area contributed by atoms with Crippen molar-refractivity contribution in [1.29, 1.82) is 0 Å². The van der Waals surface area contributed by atoms with E-state index < -0.39 is 10.2 Å². The zero-order valence-corrected chi connectivity index (χ0v) is 11.5. The summed E-state index contributed by atoms with van der Waals surface area (Å²) in [5.74, 6) is 0.297. The van der Waals surface area contributed by atoms with Crippen LogP contribution in [0.5, 0.6) is 0 Å². The van der Waals surface area contributed by atoms with Gasteiger partial charge in [-0.3, -0.25) is 0 Å². The van der Waals surface area contributed by atoms with Gasteiger partial charge >= 0.3 is 0 Å². The molecule has 0 aliphatic rings. The first-order valence-electron chi connectivity index (χ1n) is 5.36. The first-order valence-corrected chi connectivity index (χ1v) is 7.25. The van der Waals surface area contributed by atoms with Gasteiger partial charge in [-0.1, -0.05) is 26.1 Å². The normalized spacial score (nSPS) is 11.9. The third-order valence-electron chi connectivity index (χ3n) is 1.82. The monoisotopic (exact) mass is 267 g/mol. The van der Waals surface area contributed by atoms with Crippen LogP contribution in [0.15, 0.2) is 0 Å². The Morgan fingerprint density at radius 1 is 1.31 bits per heavy atom. The van der Waals surface area contributed by atoms with Crippen molar-refractivity contribution in [3.8, 4) is 0 Å². The maximum absolute atomic E-state index is 11.4. The Hall–Kier alpha value is -0.240. The molecular formula is C9H21N3O2S2. The van der Waals surface area contributed by atoms with Crippen LogP contribution in [0.4, 0.5) is 0 Å². The molecule has 0 spiro atoms. The fourth-order valence-corrected chi connectivity index (χ4v) is 2.17. The van der Waals surface area contributed by atoms with Gasteiger partial charge in [-0.2, -0.15) is 8.42 Å². The van der Waals surface area contributed by atoms with Gasteiger partial charge in [-0.15, -0.1) is 0 Å². The third kappa shape index (κ3) is 10.3. The summed E-state index contributed by atoms with van der Waals surface area (Å²) in [5.41, 5.74) is 5.32. The highest BCUT2D eigenvalue weighted by atomic mass is 32.2. The molecule has 0 aromatic carbocycles. The molecule has 0 aliphatic carbocycles. The van der Waals surface area contributed by atoms with Crippen molar-refractivity contribution in [2.24, 2.45) is 11.7 Å². The van der Waals surface area contributed by atoms with E-state index in [1.165, 1.54) is 0 Å². The predicted octanol–water partition coefficient (Wildman–Crippen LogP) is 0.523. The summed E-state index contributed by atoms with van der Waals surface area (Å²) in [6.45, 7) is 4.76. The van der Waals surface area contributed by atoms with Crippen molar-refractivity contribution >= 4 is 27.4 Å². The summed E-state index contributed by atoms with van der Waals surface area (Å²) in [6.07, 6.45) is 2.21. The molecule has 0 unspecified atom stereocenters. The van der Waals surface area contributed by atoms with E-state index in [2.05, 4.69) is 9.44 Å². The first-order chi connectivity index (χ1) is 7.33. The van der Waals surface area contributed by atoms with Gasteiger partial charge in [0.1, 0.15) is 0 Å². The molecule has 0 atom stereocenters. The van der Waals surface area contributed by atoms with Crippen molar-refractivity contribution in [3.63, 3.8) is 0 Å². The smallest absolute Gasteiger partial charge is 0.276 e. The second-order valence-corrected chi connectivity index (χ2v) is 6.17. The molecule has 0 rings (SSSR count). The molecule has 0 aromatic heterocycles. The lowest BCUT2D eigenvalue weighted by molar-refractivity contribution is 0.544. The molecule has 0 saturated carbocycles. The number of nitrogens with one attached hydrogen (secondary N) is 2. The molecule has 5 nitrogen and oxygen atoms in total. The lowest BCUT2D eigenvalue weighted by Gasteiger charge is -2.09. The second kappa shape index (κ2) is 7.94. The van der Waals surface area contributed by atoms with Gasteiger partial charge in [0.05, 0.1) is 4.99 Å². The topological polar surface area (TPSA) is 84.2 Å². The highest BCUT2D eigenvalue weighted by Gasteiger charge is 2.08. The maximum Gasteiger partial charge on any atom is 0.276 e. The Balaban J connectivity index is 3.62. The molecule has 96 valence electrons. The lowest BCUT2D eigenvalue weighted by atomic mass is 10.2. The average molecular weight is 267 g/mol. The Morgan fingerprint density at radius 3 is 2.44 bits per heavy atom. The predicted molar refractivity (Wildman–Crippen MR) is 70.4 cm³/mol. The number of nitrogens with two attached hydrogens (primary N) is 1. The summed E-state index contributed by atoms with van der Waals surface area (Å²) in [4.78, 5) is 0.473. The van der Waals surface area contributed by atoms with Crippen LogP contribution in [0, 0.1) is 5.92 Å². The van der Waals surface area contributed by atoms with Crippen molar-refractivity contribution in [1.82, 2.24) is 9.44 Å². The van der Waals surface area contributed by atoms with Gasteiger partial charge < -0.3 is 5.73 Å². The Bertz CT molecular complexity index is 302. The van der Waals surface area contributed by atoms with E-state index in [0.717, 1.165) is 12.8 Å². The lowest BCUT2D eigenvalue weighted by Crippen LogP contribution is -2.38. The largest absolute Gasteiger partial charge is 0.393 e. The SMILES string of the molecule is CC(C)CNS(=O)(=O)NCCCCC(N)=S. The Labute approximate surface area is 103 Å². The van der Waals surface area contributed by atoms with E-state index in [-0.39, 0.29) is 0 Å². The average Bonchev–Trinajstić information content (AvgIpc) is 2.14. The van der Waals surface area contributed by atoms with Gasteiger partial charge in [0.15, 0.2) is 0 Å². The van der Waals surface area contributed by atoms with Crippen molar-refractivity contribution < 1.29 is 8.42 Å². The van der Waals surface area contributed by atoms with E-state index in [4.69, 9.17) is 18.0 Å².